The zero-order valence-corrected chi connectivity index (χ0v) is 16.2. The van der Waals surface area contributed by atoms with E-state index in [-0.39, 0.29) is 11.1 Å². The second kappa shape index (κ2) is 7.40. The number of aryl methyl sites for hydroxylation is 1. The Bertz CT molecular complexity index is 1190. The number of fused-ring (bicyclic) bond motifs is 1. The lowest BCUT2D eigenvalue weighted by Gasteiger charge is -2.11. The Hall–Kier alpha value is -3.26. The van der Waals surface area contributed by atoms with Gasteiger partial charge in [0.05, 0.1) is 12.8 Å². The molecule has 0 unspecified atom stereocenters. The van der Waals surface area contributed by atoms with Crippen molar-refractivity contribution in [2.24, 2.45) is 7.05 Å². The lowest BCUT2D eigenvalue weighted by Crippen LogP contribution is -2.27. The summed E-state index contributed by atoms with van der Waals surface area (Å²) in [6.07, 6.45) is 9.39. The third kappa shape index (κ3) is 3.34. The van der Waals surface area contributed by atoms with Crippen LogP contribution in [0.4, 0.5) is 5.69 Å². The van der Waals surface area contributed by atoms with Crippen molar-refractivity contribution in [3.63, 3.8) is 0 Å². The highest BCUT2D eigenvalue weighted by molar-refractivity contribution is 8.02. The fraction of sp³-hybridized carbons (Fsp3) is 0.150. The largest absolute Gasteiger partial charge is 0.494 e. The van der Waals surface area contributed by atoms with Gasteiger partial charge in [-0.2, -0.15) is 0 Å². The molecule has 7 nitrogen and oxygen atoms in total. The van der Waals surface area contributed by atoms with Crippen LogP contribution >= 0.6 is 11.8 Å². The number of nitrogens with one attached hydrogen (secondary N) is 1. The summed E-state index contributed by atoms with van der Waals surface area (Å²) in [5.41, 5.74) is 2.76. The van der Waals surface area contributed by atoms with Crippen molar-refractivity contribution in [1.82, 2.24) is 14.0 Å². The number of carbonyl (C=O) groups excluding carboxylic acids is 1. The van der Waals surface area contributed by atoms with Crippen LogP contribution in [0.3, 0.4) is 0 Å². The maximum atomic E-state index is 12.6. The number of ether oxygens (including phenoxy) is 1. The molecule has 142 valence electrons. The van der Waals surface area contributed by atoms with Crippen LogP contribution < -0.4 is 15.6 Å². The van der Waals surface area contributed by atoms with Gasteiger partial charge in [0.25, 0.3) is 11.5 Å². The van der Waals surface area contributed by atoms with Crippen molar-refractivity contribution >= 4 is 34.6 Å². The third-order valence-corrected chi connectivity index (χ3v) is 5.12. The van der Waals surface area contributed by atoms with Crippen molar-refractivity contribution in [3.05, 3.63) is 76.0 Å². The smallest absolute Gasteiger partial charge is 0.263 e. The summed E-state index contributed by atoms with van der Waals surface area (Å²) < 4.78 is 8.60. The van der Waals surface area contributed by atoms with Crippen molar-refractivity contribution in [2.45, 2.75) is 0 Å². The van der Waals surface area contributed by atoms with E-state index >= 15 is 0 Å². The topological polar surface area (TPSA) is 77.6 Å². The van der Waals surface area contributed by atoms with Crippen molar-refractivity contribution in [3.8, 4) is 5.75 Å². The van der Waals surface area contributed by atoms with E-state index in [1.165, 1.54) is 17.7 Å². The monoisotopic (exact) mass is 394 g/mol. The van der Waals surface area contributed by atoms with Gasteiger partial charge in [0, 0.05) is 37.5 Å². The molecule has 3 aromatic heterocycles. The van der Waals surface area contributed by atoms with Crippen LogP contribution in [0.15, 0.2) is 59.1 Å². The molecule has 0 fully saturated rings. The van der Waals surface area contributed by atoms with Crippen LogP contribution in [0.5, 0.6) is 5.75 Å². The fourth-order valence-corrected chi connectivity index (χ4v) is 3.58. The SMILES string of the molecule is COc1cc2nc(C3=CCSC=C3)cn2cc1NC(=O)c1cccn(C)c1=O. The summed E-state index contributed by atoms with van der Waals surface area (Å²) in [6, 6.07) is 4.91. The molecular formula is C20H18N4O3S. The van der Waals surface area contributed by atoms with Gasteiger partial charge < -0.3 is 19.0 Å². The molecule has 0 spiro atoms. The summed E-state index contributed by atoms with van der Waals surface area (Å²) in [4.78, 5) is 29.4. The second-order valence-electron chi connectivity index (χ2n) is 6.23. The molecule has 1 N–H and O–H groups in total. The van der Waals surface area contributed by atoms with Crippen LogP contribution in [0.1, 0.15) is 16.1 Å². The van der Waals surface area contributed by atoms with Gasteiger partial charge in [0.2, 0.25) is 0 Å². The van der Waals surface area contributed by atoms with Gasteiger partial charge in [0.1, 0.15) is 22.6 Å². The van der Waals surface area contributed by atoms with Gasteiger partial charge in [-0.1, -0.05) is 6.08 Å². The average molecular weight is 394 g/mol. The number of aromatic nitrogens is 3. The summed E-state index contributed by atoms with van der Waals surface area (Å²) >= 11 is 1.73. The highest BCUT2D eigenvalue weighted by atomic mass is 32.2. The number of thioether (sulfide) groups is 1. The normalized spacial score (nSPS) is 13.4. The minimum Gasteiger partial charge on any atom is -0.494 e. The third-order valence-electron chi connectivity index (χ3n) is 4.43. The first-order chi connectivity index (χ1) is 13.6. The number of rotatable bonds is 4. The van der Waals surface area contributed by atoms with Crippen LogP contribution in [-0.4, -0.2) is 32.7 Å². The van der Waals surface area contributed by atoms with E-state index < -0.39 is 5.91 Å². The van der Waals surface area contributed by atoms with Crippen LogP contribution in [0, 0.1) is 0 Å². The Balaban J connectivity index is 1.71. The molecule has 1 amide bonds. The number of amides is 1. The van der Waals surface area contributed by atoms with Crippen LogP contribution in [0.25, 0.3) is 11.2 Å². The predicted molar refractivity (Wildman–Crippen MR) is 111 cm³/mol. The molecule has 0 saturated carbocycles. The second-order valence-corrected chi connectivity index (χ2v) is 7.17. The average Bonchev–Trinajstić information content (AvgIpc) is 3.13. The molecular weight excluding hydrogens is 376 g/mol. The number of allylic oxidation sites excluding steroid dienone is 2. The van der Waals surface area contributed by atoms with Gasteiger partial charge in [-0.05, 0) is 29.2 Å². The predicted octanol–water partition coefficient (Wildman–Crippen LogP) is 2.94. The quantitative estimate of drug-likeness (QED) is 0.736. The minimum atomic E-state index is -0.492. The zero-order valence-electron chi connectivity index (χ0n) is 15.4. The maximum Gasteiger partial charge on any atom is 0.263 e. The number of hydrogen-bond donors (Lipinski definition) is 1. The first kappa shape index (κ1) is 18.1. The summed E-state index contributed by atoms with van der Waals surface area (Å²) in [7, 11) is 3.13. The van der Waals surface area contributed by atoms with E-state index in [1.54, 1.807) is 43.3 Å². The first-order valence-corrected chi connectivity index (χ1v) is 9.64. The molecule has 8 heteroatoms. The summed E-state index contributed by atoms with van der Waals surface area (Å²) in [5, 5.41) is 4.82. The summed E-state index contributed by atoms with van der Waals surface area (Å²) in [5.74, 6) is 0.889. The minimum absolute atomic E-state index is 0.0634. The Labute approximate surface area is 165 Å². The molecule has 3 aromatic rings. The number of nitrogens with zero attached hydrogens (tertiary/aromatic N) is 3. The molecule has 1 aliphatic heterocycles. The molecule has 1 aliphatic rings. The maximum absolute atomic E-state index is 12.6. The van der Waals surface area contributed by atoms with Crippen molar-refractivity contribution in [2.75, 3.05) is 18.2 Å². The van der Waals surface area contributed by atoms with Gasteiger partial charge in [-0.3, -0.25) is 9.59 Å². The Morgan fingerprint density at radius 2 is 2.21 bits per heavy atom. The highest BCUT2D eigenvalue weighted by Crippen LogP contribution is 2.29. The molecule has 4 rings (SSSR count). The van der Waals surface area contributed by atoms with E-state index in [4.69, 9.17) is 4.74 Å². The van der Waals surface area contributed by atoms with E-state index in [0.29, 0.717) is 17.1 Å². The summed E-state index contributed by atoms with van der Waals surface area (Å²) in [6.45, 7) is 0. The number of anilines is 1. The van der Waals surface area contributed by atoms with Gasteiger partial charge in [-0.15, -0.1) is 11.8 Å². The lowest BCUT2D eigenvalue weighted by atomic mass is 10.2. The number of imidazole rings is 1. The molecule has 0 aliphatic carbocycles. The number of carbonyl (C=O) groups is 1. The lowest BCUT2D eigenvalue weighted by molar-refractivity contribution is 0.102. The molecule has 28 heavy (non-hydrogen) atoms. The Kier molecular flexibility index (Phi) is 4.79. The van der Waals surface area contributed by atoms with Gasteiger partial charge in [-0.25, -0.2) is 4.98 Å². The standard InChI is InChI=1S/C20H18N4O3S/c1-23-7-3-4-14(20(23)26)19(25)22-16-12-24-11-15(13-5-8-28-9-6-13)21-18(24)10-17(16)27-2/h3-8,10-12H,9H2,1-2H3,(H,22,25). The first-order valence-electron chi connectivity index (χ1n) is 8.59. The Morgan fingerprint density at radius 3 is 2.96 bits per heavy atom. The molecule has 0 bridgehead atoms. The molecule has 0 atom stereocenters. The van der Waals surface area contributed by atoms with Crippen LogP contribution in [0.2, 0.25) is 0 Å². The Morgan fingerprint density at radius 1 is 1.36 bits per heavy atom. The highest BCUT2D eigenvalue weighted by Gasteiger charge is 2.16. The molecule has 4 heterocycles. The molecule has 0 radical (unpaired) electrons. The molecule has 0 aromatic carbocycles. The number of methoxy groups -OCH3 is 1. The fourth-order valence-electron chi connectivity index (χ4n) is 2.95. The van der Waals surface area contributed by atoms with Crippen LogP contribution in [-0.2, 0) is 7.05 Å². The van der Waals surface area contributed by atoms with E-state index in [2.05, 4.69) is 16.4 Å². The van der Waals surface area contributed by atoms with Crippen molar-refractivity contribution < 1.29 is 9.53 Å². The molecule has 0 saturated heterocycles. The number of hydrogen-bond acceptors (Lipinski definition) is 5. The van der Waals surface area contributed by atoms with E-state index in [0.717, 1.165) is 17.0 Å². The van der Waals surface area contributed by atoms with E-state index in [1.807, 2.05) is 22.1 Å². The zero-order chi connectivity index (χ0) is 19.7. The number of pyridine rings is 2. The van der Waals surface area contributed by atoms with Gasteiger partial charge in [0.15, 0.2) is 0 Å². The van der Waals surface area contributed by atoms with Crippen molar-refractivity contribution in [1.29, 1.82) is 0 Å². The van der Waals surface area contributed by atoms with Gasteiger partial charge >= 0.3 is 0 Å². The van der Waals surface area contributed by atoms with E-state index in [9.17, 15) is 9.59 Å².